The number of phenols is 1. The molecule has 18 heavy (non-hydrogen) atoms. The lowest BCUT2D eigenvalue weighted by molar-refractivity contribution is 0.172. The van der Waals surface area contributed by atoms with Crippen LogP contribution < -0.4 is 0 Å². The molecule has 0 saturated heterocycles. The Balaban J connectivity index is 2.73. The lowest BCUT2D eigenvalue weighted by atomic mass is 10.2. The van der Waals surface area contributed by atoms with Crippen molar-refractivity contribution < 1.29 is 14.0 Å². The zero-order chi connectivity index (χ0) is 13.4. The first-order valence-electron chi connectivity index (χ1n) is 6.66. The van der Waals surface area contributed by atoms with E-state index in [1.165, 1.54) is 0 Å². The quantitative estimate of drug-likeness (QED) is 0.734. The van der Waals surface area contributed by atoms with Crippen LogP contribution in [0.2, 0.25) is 6.55 Å². The van der Waals surface area contributed by atoms with Crippen molar-refractivity contribution in [2.75, 3.05) is 13.2 Å². The van der Waals surface area contributed by atoms with Crippen LogP contribution in [-0.4, -0.2) is 26.9 Å². The number of aromatic hydroxyl groups is 1. The van der Waals surface area contributed by atoms with Crippen LogP contribution in [0.1, 0.15) is 32.3 Å². The van der Waals surface area contributed by atoms with Crippen LogP contribution in [0.5, 0.6) is 5.75 Å². The molecular weight excluding hydrogens is 244 g/mol. The van der Waals surface area contributed by atoms with Gasteiger partial charge in [-0.1, -0.05) is 32.0 Å². The van der Waals surface area contributed by atoms with Gasteiger partial charge >= 0.3 is 8.56 Å². The Morgan fingerprint density at radius 1 is 1.06 bits per heavy atom. The molecule has 0 unspecified atom stereocenters. The van der Waals surface area contributed by atoms with E-state index in [0.29, 0.717) is 11.8 Å². The van der Waals surface area contributed by atoms with Crippen molar-refractivity contribution in [3.8, 4) is 5.75 Å². The van der Waals surface area contributed by atoms with Gasteiger partial charge in [0.1, 0.15) is 5.75 Å². The Labute approximate surface area is 111 Å². The van der Waals surface area contributed by atoms with Gasteiger partial charge in [-0.15, -0.1) is 0 Å². The van der Waals surface area contributed by atoms with Gasteiger partial charge in [-0.05, 0) is 31.0 Å². The van der Waals surface area contributed by atoms with Gasteiger partial charge in [-0.2, -0.15) is 0 Å². The first kappa shape index (κ1) is 15.2. The molecule has 0 heterocycles. The van der Waals surface area contributed by atoms with Crippen LogP contribution in [-0.2, 0) is 14.9 Å². The second kappa shape index (κ2) is 7.56. The van der Waals surface area contributed by atoms with Gasteiger partial charge in [0.25, 0.3) is 0 Å². The van der Waals surface area contributed by atoms with E-state index in [0.717, 1.165) is 31.6 Å². The highest BCUT2D eigenvalue weighted by molar-refractivity contribution is 6.65. The van der Waals surface area contributed by atoms with E-state index in [2.05, 4.69) is 20.4 Å². The fourth-order valence-corrected chi connectivity index (χ4v) is 4.34. The summed E-state index contributed by atoms with van der Waals surface area (Å²) in [5.41, 5.74) is 0.916. The fraction of sp³-hybridized carbons (Fsp3) is 0.571. The molecule has 0 aliphatic rings. The zero-order valence-corrected chi connectivity index (χ0v) is 12.6. The van der Waals surface area contributed by atoms with E-state index < -0.39 is 8.56 Å². The minimum Gasteiger partial charge on any atom is -0.508 e. The Hall–Kier alpha value is -0.843. The van der Waals surface area contributed by atoms with Crippen LogP contribution >= 0.6 is 0 Å². The normalized spacial score (nSPS) is 11.7. The molecule has 0 saturated carbocycles. The van der Waals surface area contributed by atoms with Gasteiger partial charge < -0.3 is 14.0 Å². The summed E-state index contributed by atoms with van der Waals surface area (Å²) < 4.78 is 11.9. The third-order valence-corrected chi connectivity index (χ3v) is 5.38. The van der Waals surface area contributed by atoms with Crippen molar-refractivity contribution in [3.05, 3.63) is 29.8 Å². The van der Waals surface area contributed by atoms with E-state index in [-0.39, 0.29) is 0 Å². The molecule has 0 aliphatic heterocycles. The summed E-state index contributed by atoms with van der Waals surface area (Å²) in [6.45, 7) is 7.70. The summed E-state index contributed by atoms with van der Waals surface area (Å²) in [4.78, 5) is 0. The number of para-hydroxylation sites is 1. The predicted octanol–water partition coefficient (Wildman–Crippen LogP) is 3.40. The van der Waals surface area contributed by atoms with Gasteiger partial charge in [-0.25, -0.2) is 0 Å². The van der Waals surface area contributed by atoms with Crippen LogP contribution in [0, 0.1) is 0 Å². The van der Waals surface area contributed by atoms with Gasteiger partial charge in [0.15, 0.2) is 0 Å². The highest BCUT2D eigenvalue weighted by Gasteiger charge is 2.32. The number of hydrogen-bond acceptors (Lipinski definition) is 3. The maximum absolute atomic E-state index is 9.84. The first-order chi connectivity index (χ1) is 8.61. The SMILES string of the molecule is CCCO[Si](C)(Cc1ccccc1O)OCCC. The Morgan fingerprint density at radius 2 is 1.61 bits per heavy atom. The first-order valence-corrected chi connectivity index (χ1v) is 9.18. The average Bonchev–Trinajstić information content (AvgIpc) is 2.37. The predicted molar refractivity (Wildman–Crippen MR) is 75.9 cm³/mol. The van der Waals surface area contributed by atoms with Gasteiger partial charge in [-0.3, -0.25) is 0 Å². The molecule has 0 fully saturated rings. The number of hydrogen-bond donors (Lipinski definition) is 1. The Bertz CT molecular complexity index is 347. The summed E-state index contributed by atoms with van der Waals surface area (Å²) in [5.74, 6) is 0.330. The van der Waals surface area contributed by atoms with Crippen molar-refractivity contribution in [1.82, 2.24) is 0 Å². The van der Waals surface area contributed by atoms with Crippen molar-refractivity contribution in [2.45, 2.75) is 39.3 Å². The molecule has 102 valence electrons. The molecule has 0 spiro atoms. The maximum atomic E-state index is 9.84. The highest BCUT2D eigenvalue weighted by Crippen LogP contribution is 2.22. The molecule has 4 heteroatoms. The van der Waals surface area contributed by atoms with Crippen molar-refractivity contribution in [3.63, 3.8) is 0 Å². The summed E-state index contributed by atoms with van der Waals surface area (Å²) in [7, 11) is -2.22. The molecule has 0 radical (unpaired) electrons. The lowest BCUT2D eigenvalue weighted by Crippen LogP contribution is -2.42. The van der Waals surface area contributed by atoms with Crippen LogP contribution in [0.25, 0.3) is 0 Å². The minimum absolute atomic E-state index is 0.330. The largest absolute Gasteiger partial charge is 0.508 e. The van der Waals surface area contributed by atoms with Crippen molar-refractivity contribution in [2.24, 2.45) is 0 Å². The average molecular weight is 268 g/mol. The Morgan fingerprint density at radius 3 is 2.11 bits per heavy atom. The number of benzene rings is 1. The molecule has 1 rings (SSSR count). The molecular formula is C14H24O3Si. The van der Waals surface area contributed by atoms with Crippen LogP contribution in [0.4, 0.5) is 0 Å². The summed E-state index contributed by atoms with van der Waals surface area (Å²) in [6.07, 6.45) is 1.97. The van der Waals surface area contributed by atoms with Gasteiger partial charge in [0.05, 0.1) is 0 Å². The third kappa shape index (κ3) is 4.80. The highest BCUT2D eigenvalue weighted by atomic mass is 28.4. The summed E-state index contributed by atoms with van der Waals surface area (Å²) >= 11 is 0. The van der Waals surface area contributed by atoms with Crippen molar-refractivity contribution in [1.29, 1.82) is 0 Å². The minimum atomic E-state index is -2.22. The maximum Gasteiger partial charge on any atom is 0.339 e. The van der Waals surface area contributed by atoms with Gasteiger partial charge in [0, 0.05) is 19.3 Å². The van der Waals surface area contributed by atoms with E-state index in [4.69, 9.17) is 8.85 Å². The van der Waals surface area contributed by atoms with E-state index in [1.54, 1.807) is 6.07 Å². The smallest absolute Gasteiger partial charge is 0.339 e. The molecule has 0 bridgehead atoms. The van der Waals surface area contributed by atoms with Crippen molar-refractivity contribution >= 4 is 8.56 Å². The Kier molecular flexibility index (Phi) is 6.39. The lowest BCUT2D eigenvalue weighted by Gasteiger charge is -2.27. The van der Waals surface area contributed by atoms with E-state index in [1.807, 2.05) is 18.2 Å². The monoisotopic (exact) mass is 268 g/mol. The molecule has 0 aromatic heterocycles. The molecule has 0 amide bonds. The van der Waals surface area contributed by atoms with Crippen LogP contribution in [0.3, 0.4) is 0 Å². The molecule has 1 aromatic rings. The number of phenolic OH excluding ortho intramolecular Hbond substituents is 1. The molecule has 0 atom stereocenters. The molecule has 1 N–H and O–H groups in total. The molecule has 1 aromatic carbocycles. The number of rotatable bonds is 8. The van der Waals surface area contributed by atoms with E-state index >= 15 is 0 Å². The summed E-state index contributed by atoms with van der Waals surface area (Å²) in [6, 6.07) is 8.11. The standard InChI is InChI=1S/C14H24O3Si/c1-4-10-16-18(3,17-11-5-2)12-13-8-6-7-9-14(13)15/h6-9,15H,4-5,10-12H2,1-3H3. The summed E-state index contributed by atoms with van der Waals surface area (Å²) in [5, 5.41) is 9.84. The van der Waals surface area contributed by atoms with Crippen LogP contribution in [0.15, 0.2) is 24.3 Å². The fourth-order valence-electron chi connectivity index (χ4n) is 1.79. The second-order valence-corrected chi connectivity index (χ2v) is 7.83. The third-order valence-electron chi connectivity index (χ3n) is 2.73. The molecule has 0 aliphatic carbocycles. The molecule has 3 nitrogen and oxygen atoms in total. The second-order valence-electron chi connectivity index (χ2n) is 4.64. The van der Waals surface area contributed by atoms with E-state index in [9.17, 15) is 5.11 Å². The topological polar surface area (TPSA) is 38.7 Å². The zero-order valence-electron chi connectivity index (χ0n) is 11.6. The van der Waals surface area contributed by atoms with Gasteiger partial charge in [0.2, 0.25) is 0 Å².